The number of carbonyl (C=O) groups excluding carboxylic acids is 1. The van der Waals surface area contributed by atoms with Crippen molar-refractivity contribution in [1.29, 1.82) is 0 Å². The highest BCUT2D eigenvalue weighted by Crippen LogP contribution is 1.88. The highest BCUT2D eigenvalue weighted by Gasteiger charge is 2.06. The van der Waals surface area contributed by atoms with E-state index >= 15 is 0 Å². The third kappa shape index (κ3) is 5.82. The minimum Gasteiger partial charge on any atom is -0.369 e. The van der Waals surface area contributed by atoms with Gasteiger partial charge in [0.15, 0.2) is 0 Å². The molecule has 0 radical (unpaired) electrons. The lowest BCUT2D eigenvalue weighted by molar-refractivity contribution is -0.121. The molecule has 0 aliphatic carbocycles. The lowest BCUT2D eigenvalue weighted by Crippen LogP contribution is -2.31. The number of nitrogens with one attached hydrogen (secondary N) is 1. The zero-order valence-electron chi connectivity index (χ0n) is 6.97. The summed E-state index contributed by atoms with van der Waals surface area (Å²) in [6, 6.07) is 0. The average Bonchev–Trinajstić information content (AvgIpc) is 1.97. The summed E-state index contributed by atoms with van der Waals surface area (Å²) in [7, 11) is 0. The van der Waals surface area contributed by atoms with Crippen LogP contribution >= 0.6 is 0 Å². The molecule has 0 saturated heterocycles. The Kier molecular flexibility index (Phi) is 5.78. The normalized spacial score (nSPS) is 12.9. The van der Waals surface area contributed by atoms with Gasteiger partial charge < -0.3 is 16.8 Å². The predicted octanol–water partition coefficient (Wildman–Crippen LogP) is -0.954. The van der Waals surface area contributed by atoms with E-state index in [1.54, 1.807) is 6.92 Å². The number of hydrogen-bond acceptors (Lipinski definition) is 3. The second-order valence-electron chi connectivity index (χ2n) is 2.65. The van der Waals surface area contributed by atoms with Crippen LogP contribution in [0.2, 0.25) is 0 Å². The molecule has 0 fully saturated rings. The van der Waals surface area contributed by atoms with E-state index in [0.29, 0.717) is 13.1 Å². The SMILES string of the molecule is CC(CNCCCN)C(N)=O. The lowest BCUT2D eigenvalue weighted by atomic mass is 10.2. The van der Waals surface area contributed by atoms with Crippen molar-refractivity contribution in [3.05, 3.63) is 0 Å². The van der Waals surface area contributed by atoms with Gasteiger partial charge in [0.2, 0.25) is 5.91 Å². The van der Waals surface area contributed by atoms with Crippen molar-refractivity contribution < 1.29 is 4.79 Å². The van der Waals surface area contributed by atoms with E-state index in [1.807, 2.05) is 0 Å². The number of primary amides is 1. The fourth-order valence-corrected chi connectivity index (χ4v) is 0.646. The molecule has 0 heterocycles. The molecule has 0 aromatic heterocycles. The molecular formula is C7H17N3O. The smallest absolute Gasteiger partial charge is 0.221 e. The van der Waals surface area contributed by atoms with Crippen molar-refractivity contribution >= 4 is 5.91 Å². The van der Waals surface area contributed by atoms with Crippen LogP contribution in [0.5, 0.6) is 0 Å². The first kappa shape index (κ1) is 10.4. The lowest BCUT2D eigenvalue weighted by Gasteiger charge is -2.07. The molecule has 1 amide bonds. The van der Waals surface area contributed by atoms with Gasteiger partial charge in [-0.25, -0.2) is 0 Å². The number of amides is 1. The van der Waals surface area contributed by atoms with Crippen LogP contribution in [0.4, 0.5) is 0 Å². The zero-order valence-corrected chi connectivity index (χ0v) is 6.97. The van der Waals surface area contributed by atoms with Gasteiger partial charge in [-0.05, 0) is 19.5 Å². The number of hydrogen-bond donors (Lipinski definition) is 3. The molecule has 0 spiro atoms. The van der Waals surface area contributed by atoms with Crippen LogP contribution in [0.25, 0.3) is 0 Å². The number of rotatable bonds is 6. The van der Waals surface area contributed by atoms with Gasteiger partial charge in [-0.15, -0.1) is 0 Å². The Morgan fingerprint density at radius 2 is 2.27 bits per heavy atom. The molecule has 0 aromatic carbocycles. The van der Waals surface area contributed by atoms with Gasteiger partial charge in [0.05, 0.1) is 0 Å². The molecule has 0 saturated carbocycles. The highest BCUT2D eigenvalue weighted by molar-refractivity contribution is 5.76. The number of carbonyl (C=O) groups is 1. The van der Waals surface area contributed by atoms with Gasteiger partial charge in [-0.3, -0.25) is 4.79 Å². The van der Waals surface area contributed by atoms with Crippen LogP contribution in [0, 0.1) is 5.92 Å². The van der Waals surface area contributed by atoms with Crippen LogP contribution < -0.4 is 16.8 Å². The first-order chi connectivity index (χ1) is 5.18. The summed E-state index contributed by atoms with van der Waals surface area (Å²) >= 11 is 0. The first-order valence-electron chi connectivity index (χ1n) is 3.88. The summed E-state index contributed by atoms with van der Waals surface area (Å²) in [5.41, 5.74) is 10.3. The van der Waals surface area contributed by atoms with E-state index in [2.05, 4.69) is 5.32 Å². The Morgan fingerprint density at radius 3 is 2.73 bits per heavy atom. The summed E-state index contributed by atoms with van der Waals surface area (Å²) in [5.74, 6) is -0.349. The third-order valence-electron chi connectivity index (χ3n) is 1.49. The van der Waals surface area contributed by atoms with Gasteiger partial charge >= 0.3 is 0 Å². The molecular weight excluding hydrogens is 142 g/mol. The van der Waals surface area contributed by atoms with E-state index in [9.17, 15) is 4.79 Å². The maximum Gasteiger partial charge on any atom is 0.221 e. The molecule has 11 heavy (non-hydrogen) atoms. The standard InChI is InChI=1S/C7H17N3O/c1-6(7(9)11)5-10-4-2-3-8/h6,10H,2-5,8H2,1H3,(H2,9,11). The predicted molar refractivity (Wildman–Crippen MR) is 44.9 cm³/mol. The minimum absolute atomic E-state index is 0.0900. The topological polar surface area (TPSA) is 81.1 Å². The van der Waals surface area contributed by atoms with E-state index < -0.39 is 0 Å². The molecule has 0 aromatic rings. The molecule has 0 rings (SSSR count). The summed E-state index contributed by atoms with van der Waals surface area (Å²) < 4.78 is 0. The van der Waals surface area contributed by atoms with E-state index in [4.69, 9.17) is 11.5 Å². The van der Waals surface area contributed by atoms with Crippen LogP contribution in [-0.4, -0.2) is 25.5 Å². The number of nitrogens with two attached hydrogens (primary N) is 2. The van der Waals surface area contributed by atoms with Crippen molar-refractivity contribution in [3.8, 4) is 0 Å². The Labute approximate surface area is 67.3 Å². The quantitative estimate of drug-likeness (QED) is 0.437. The van der Waals surface area contributed by atoms with Crippen LogP contribution in [0.1, 0.15) is 13.3 Å². The second-order valence-corrected chi connectivity index (χ2v) is 2.65. The van der Waals surface area contributed by atoms with Crippen molar-refractivity contribution in [2.24, 2.45) is 17.4 Å². The highest BCUT2D eigenvalue weighted by atomic mass is 16.1. The third-order valence-corrected chi connectivity index (χ3v) is 1.49. The van der Waals surface area contributed by atoms with Crippen molar-refractivity contribution in [2.45, 2.75) is 13.3 Å². The zero-order chi connectivity index (χ0) is 8.69. The average molecular weight is 159 g/mol. The Hall–Kier alpha value is -0.610. The van der Waals surface area contributed by atoms with E-state index in [-0.39, 0.29) is 11.8 Å². The summed E-state index contributed by atoms with van der Waals surface area (Å²) in [4.78, 5) is 10.5. The molecule has 0 aliphatic rings. The summed E-state index contributed by atoms with van der Waals surface area (Å²) in [6.45, 7) is 3.99. The Morgan fingerprint density at radius 1 is 1.64 bits per heavy atom. The Bertz CT molecular complexity index is 116. The van der Waals surface area contributed by atoms with Crippen molar-refractivity contribution in [3.63, 3.8) is 0 Å². The Balaban J connectivity index is 3.17. The van der Waals surface area contributed by atoms with Gasteiger partial charge in [-0.1, -0.05) is 6.92 Å². The van der Waals surface area contributed by atoms with E-state index in [0.717, 1.165) is 13.0 Å². The fraction of sp³-hybridized carbons (Fsp3) is 0.857. The monoisotopic (exact) mass is 159 g/mol. The van der Waals surface area contributed by atoms with Crippen LogP contribution in [-0.2, 0) is 4.79 Å². The first-order valence-corrected chi connectivity index (χ1v) is 3.88. The molecule has 0 aliphatic heterocycles. The molecule has 0 bridgehead atoms. The van der Waals surface area contributed by atoms with Gasteiger partial charge in [-0.2, -0.15) is 0 Å². The molecule has 5 N–H and O–H groups in total. The molecule has 4 heteroatoms. The van der Waals surface area contributed by atoms with Crippen LogP contribution in [0.15, 0.2) is 0 Å². The maximum atomic E-state index is 10.5. The second kappa shape index (κ2) is 6.12. The largest absolute Gasteiger partial charge is 0.369 e. The minimum atomic E-state index is -0.259. The molecule has 1 unspecified atom stereocenters. The van der Waals surface area contributed by atoms with Gasteiger partial charge in [0.1, 0.15) is 0 Å². The van der Waals surface area contributed by atoms with E-state index in [1.165, 1.54) is 0 Å². The molecule has 66 valence electrons. The molecule has 4 nitrogen and oxygen atoms in total. The fourth-order valence-electron chi connectivity index (χ4n) is 0.646. The maximum absolute atomic E-state index is 10.5. The van der Waals surface area contributed by atoms with Gasteiger partial charge in [0, 0.05) is 12.5 Å². The molecule has 1 atom stereocenters. The van der Waals surface area contributed by atoms with Crippen LogP contribution in [0.3, 0.4) is 0 Å². The van der Waals surface area contributed by atoms with Gasteiger partial charge in [0.25, 0.3) is 0 Å². The van der Waals surface area contributed by atoms with Crippen molar-refractivity contribution in [2.75, 3.05) is 19.6 Å². The van der Waals surface area contributed by atoms with Crippen molar-refractivity contribution in [1.82, 2.24) is 5.32 Å². The summed E-state index contributed by atoms with van der Waals surface area (Å²) in [5, 5.41) is 3.09. The summed E-state index contributed by atoms with van der Waals surface area (Å²) in [6.07, 6.45) is 0.936.